The third-order valence-electron chi connectivity index (χ3n) is 5.39. The molecule has 1 aliphatic rings. The number of anilines is 2. The summed E-state index contributed by atoms with van der Waals surface area (Å²) in [7, 11) is 0. The van der Waals surface area contributed by atoms with Gasteiger partial charge in [-0.25, -0.2) is 15.0 Å². The summed E-state index contributed by atoms with van der Waals surface area (Å²) in [6, 6.07) is 24.0. The van der Waals surface area contributed by atoms with Gasteiger partial charge in [0, 0.05) is 43.3 Å². The Kier molecular flexibility index (Phi) is 4.70. The minimum absolute atomic E-state index is 0.636. The van der Waals surface area contributed by atoms with E-state index in [4.69, 9.17) is 15.2 Å². The molecule has 4 aromatic rings. The SMILES string of the molecule is N#Cc1ccnc(N2CCN(c3nc(-c4ccccc4)nc4ccccc34)CC2)c1. The Morgan fingerprint density at radius 3 is 2.33 bits per heavy atom. The van der Waals surface area contributed by atoms with Gasteiger partial charge in [0.25, 0.3) is 0 Å². The van der Waals surface area contributed by atoms with Crippen molar-refractivity contribution >= 4 is 22.5 Å². The van der Waals surface area contributed by atoms with E-state index in [1.807, 2.05) is 54.6 Å². The fourth-order valence-corrected chi connectivity index (χ4v) is 3.83. The zero-order valence-corrected chi connectivity index (χ0v) is 16.4. The highest BCUT2D eigenvalue weighted by Gasteiger charge is 2.22. The van der Waals surface area contributed by atoms with Crippen molar-refractivity contribution in [1.29, 1.82) is 5.26 Å². The second kappa shape index (κ2) is 7.80. The maximum Gasteiger partial charge on any atom is 0.162 e. The molecule has 0 atom stereocenters. The maximum absolute atomic E-state index is 9.15. The van der Waals surface area contributed by atoms with E-state index in [2.05, 4.69) is 26.9 Å². The molecule has 0 unspecified atom stereocenters. The highest BCUT2D eigenvalue weighted by atomic mass is 15.3. The van der Waals surface area contributed by atoms with E-state index < -0.39 is 0 Å². The van der Waals surface area contributed by atoms with Gasteiger partial charge in [-0.15, -0.1) is 0 Å². The lowest BCUT2D eigenvalue weighted by molar-refractivity contribution is 0.643. The number of hydrogen-bond donors (Lipinski definition) is 0. The Morgan fingerprint density at radius 1 is 0.800 bits per heavy atom. The van der Waals surface area contributed by atoms with Crippen LogP contribution in [0.1, 0.15) is 5.56 Å². The summed E-state index contributed by atoms with van der Waals surface area (Å²) in [4.78, 5) is 18.7. The Labute approximate surface area is 175 Å². The van der Waals surface area contributed by atoms with Crippen molar-refractivity contribution in [3.05, 3.63) is 78.5 Å². The van der Waals surface area contributed by atoms with E-state index in [1.165, 1.54) is 0 Å². The molecule has 1 saturated heterocycles. The fraction of sp³-hybridized carbons (Fsp3) is 0.167. The zero-order valence-electron chi connectivity index (χ0n) is 16.4. The molecule has 2 aromatic carbocycles. The lowest BCUT2D eigenvalue weighted by Gasteiger charge is -2.36. The standard InChI is InChI=1S/C24H20N6/c25-17-18-10-11-26-22(16-18)29-12-14-30(15-13-29)24-20-8-4-5-9-21(20)27-23(28-24)19-6-2-1-3-7-19/h1-11,16H,12-15H2. The van der Waals surface area contributed by atoms with Gasteiger partial charge >= 0.3 is 0 Å². The monoisotopic (exact) mass is 392 g/mol. The minimum Gasteiger partial charge on any atom is -0.353 e. The molecular formula is C24H20N6. The molecule has 0 aliphatic carbocycles. The Balaban J connectivity index is 1.46. The number of piperazine rings is 1. The first-order chi connectivity index (χ1) is 14.8. The van der Waals surface area contributed by atoms with Gasteiger partial charge in [-0.2, -0.15) is 5.26 Å². The number of nitrogens with zero attached hydrogens (tertiary/aromatic N) is 6. The molecular weight excluding hydrogens is 372 g/mol. The predicted molar refractivity (Wildman–Crippen MR) is 118 cm³/mol. The molecule has 0 saturated carbocycles. The van der Waals surface area contributed by atoms with Crippen LogP contribution in [0.15, 0.2) is 72.9 Å². The molecule has 0 spiro atoms. The van der Waals surface area contributed by atoms with Gasteiger partial charge in [-0.3, -0.25) is 0 Å². The van der Waals surface area contributed by atoms with E-state index in [9.17, 15) is 0 Å². The van der Waals surface area contributed by atoms with Crippen molar-refractivity contribution in [3.8, 4) is 17.5 Å². The zero-order chi connectivity index (χ0) is 20.3. The molecule has 1 fully saturated rings. The summed E-state index contributed by atoms with van der Waals surface area (Å²) in [6.07, 6.45) is 1.70. The van der Waals surface area contributed by atoms with Gasteiger partial charge in [0.1, 0.15) is 11.6 Å². The maximum atomic E-state index is 9.15. The van der Waals surface area contributed by atoms with Gasteiger partial charge in [0.2, 0.25) is 0 Å². The largest absolute Gasteiger partial charge is 0.353 e. The number of nitriles is 1. The number of hydrogen-bond acceptors (Lipinski definition) is 6. The van der Waals surface area contributed by atoms with E-state index in [-0.39, 0.29) is 0 Å². The van der Waals surface area contributed by atoms with E-state index in [1.54, 1.807) is 12.3 Å². The number of benzene rings is 2. The Morgan fingerprint density at radius 2 is 1.53 bits per heavy atom. The quantitative estimate of drug-likeness (QED) is 0.527. The Bertz CT molecular complexity index is 1220. The molecule has 6 nitrogen and oxygen atoms in total. The topological polar surface area (TPSA) is 68.9 Å². The van der Waals surface area contributed by atoms with Crippen molar-refractivity contribution in [1.82, 2.24) is 15.0 Å². The summed E-state index contributed by atoms with van der Waals surface area (Å²) in [5, 5.41) is 10.2. The van der Waals surface area contributed by atoms with Crippen LogP contribution in [0.2, 0.25) is 0 Å². The van der Waals surface area contributed by atoms with Gasteiger partial charge in [-0.1, -0.05) is 42.5 Å². The van der Waals surface area contributed by atoms with Crippen LogP contribution in [0.25, 0.3) is 22.3 Å². The van der Waals surface area contributed by atoms with Crippen molar-refractivity contribution in [3.63, 3.8) is 0 Å². The molecule has 5 rings (SSSR count). The first-order valence-electron chi connectivity index (χ1n) is 10.00. The van der Waals surface area contributed by atoms with E-state index in [0.29, 0.717) is 5.56 Å². The van der Waals surface area contributed by atoms with Gasteiger partial charge in [0.15, 0.2) is 5.82 Å². The third-order valence-corrected chi connectivity index (χ3v) is 5.39. The first-order valence-corrected chi connectivity index (χ1v) is 10.00. The van der Waals surface area contributed by atoms with Gasteiger partial charge < -0.3 is 9.80 Å². The average Bonchev–Trinajstić information content (AvgIpc) is 2.84. The summed E-state index contributed by atoms with van der Waals surface area (Å²) >= 11 is 0. The Hall–Kier alpha value is -3.98. The van der Waals surface area contributed by atoms with Crippen LogP contribution in [0, 0.1) is 11.3 Å². The number of rotatable bonds is 3. The highest BCUT2D eigenvalue weighted by molar-refractivity contribution is 5.91. The minimum atomic E-state index is 0.636. The lowest BCUT2D eigenvalue weighted by atomic mass is 10.1. The number of pyridine rings is 1. The molecule has 3 heterocycles. The number of fused-ring (bicyclic) bond motifs is 1. The average molecular weight is 392 g/mol. The van der Waals surface area contributed by atoms with Crippen LogP contribution in [0.3, 0.4) is 0 Å². The van der Waals surface area contributed by atoms with Crippen molar-refractivity contribution in [2.75, 3.05) is 36.0 Å². The van der Waals surface area contributed by atoms with Crippen molar-refractivity contribution < 1.29 is 0 Å². The molecule has 1 aliphatic heterocycles. The molecule has 0 amide bonds. The molecule has 2 aromatic heterocycles. The first kappa shape index (κ1) is 18.1. The van der Waals surface area contributed by atoms with Crippen LogP contribution in [0.5, 0.6) is 0 Å². The van der Waals surface area contributed by atoms with Crippen LogP contribution in [-0.4, -0.2) is 41.1 Å². The number of aromatic nitrogens is 3. The smallest absolute Gasteiger partial charge is 0.162 e. The van der Waals surface area contributed by atoms with Gasteiger partial charge in [-0.05, 0) is 24.3 Å². The highest BCUT2D eigenvalue weighted by Crippen LogP contribution is 2.28. The second-order valence-electron chi connectivity index (χ2n) is 7.24. The normalized spacial score (nSPS) is 14.0. The summed E-state index contributed by atoms with van der Waals surface area (Å²) < 4.78 is 0. The molecule has 0 N–H and O–H groups in total. The summed E-state index contributed by atoms with van der Waals surface area (Å²) in [5.74, 6) is 2.57. The van der Waals surface area contributed by atoms with Crippen LogP contribution in [0.4, 0.5) is 11.6 Å². The molecule has 146 valence electrons. The molecule has 30 heavy (non-hydrogen) atoms. The van der Waals surface area contributed by atoms with Crippen molar-refractivity contribution in [2.45, 2.75) is 0 Å². The molecule has 0 bridgehead atoms. The van der Waals surface area contributed by atoms with Gasteiger partial charge in [0.05, 0.1) is 17.1 Å². The second-order valence-corrected chi connectivity index (χ2v) is 7.24. The van der Waals surface area contributed by atoms with Crippen LogP contribution < -0.4 is 9.80 Å². The van der Waals surface area contributed by atoms with Crippen LogP contribution >= 0.6 is 0 Å². The molecule has 0 radical (unpaired) electrons. The van der Waals surface area contributed by atoms with E-state index >= 15 is 0 Å². The van der Waals surface area contributed by atoms with E-state index in [0.717, 1.165) is 60.1 Å². The summed E-state index contributed by atoms with van der Waals surface area (Å²) in [6.45, 7) is 3.29. The summed E-state index contributed by atoms with van der Waals surface area (Å²) in [5.41, 5.74) is 2.60. The number of para-hydroxylation sites is 1. The lowest BCUT2D eigenvalue weighted by Crippen LogP contribution is -2.47. The third kappa shape index (κ3) is 3.42. The van der Waals surface area contributed by atoms with Crippen molar-refractivity contribution in [2.24, 2.45) is 0 Å². The predicted octanol–water partition coefficient (Wildman–Crippen LogP) is 3.89. The molecule has 6 heteroatoms. The fourth-order valence-electron chi connectivity index (χ4n) is 3.83. The van der Waals surface area contributed by atoms with Crippen LogP contribution in [-0.2, 0) is 0 Å².